The fourth-order valence-electron chi connectivity index (χ4n) is 2.21. The van der Waals surface area contributed by atoms with Crippen molar-refractivity contribution in [3.63, 3.8) is 0 Å². The number of allylic oxidation sites excluding steroid dienone is 2. The Morgan fingerprint density at radius 3 is 2.35 bits per heavy atom. The molecule has 0 aliphatic carbocycles. The molecule has 2 rings (SSSR count). The van der Waals surface area contributed by atoms with Gasteiger partial charge >= 0.3 is 6.03 Å². The van der Waals surface area contributed by atoms with Crippen LogP contribution in [0.3, 0.4) is 0 Å². The van der Waals surface area contributed by atoms with Crippen LogP contribution in [-0.4, -0.2) is 41.4 Å². The normalized spacial score (nSPS) is 23.6. The van der Waals surface area contributed by atoms with Crippen molar-refractivity contribution < 1.29 is 19.1 Å². The van der Waals surface area contributed by atoms with Crippen LogP contribution in [0.4, 0.5) is 4.79 Å². The average molecular weight is 279 g/mol. The Balaban J connectivity index is 2.23. The zero-order valence-corrected chi connectivity index (χ0v) is 11.6. The molecule has 0 aromatic rings. The second-order valence-electron chi connectivity index (χ2n) is 5.17. The summed E-state index contributed by atoms with van der Waals surface area (Å²) in [6.07, 6.45) is 2.93. The van der Waals surface area contributed by atoms with Crippen molar-refractivity contribution in [2.45, 2.75) is 26.3 Å². The zero-order chi connectivity index (χ0) is 14.9. The van der Waals surface area contributed by atoms with E-state index < -0.39 is 17.8 Å². The standard InChI is InChI=1S/C13H17N3O4/c1-4-16-9(20-7-13(16,2)3)6-5-8-10(17)14-12(19)15-11(8)18/h5-6H,4,7H2,1-3H3,(H2,14,15,17,18,19)/b9-6-. The number of imide groups is 2. The van der Waals surface area contributed by atoms with Gasteiger partial charge in [0, 0.05) is 6.54 Å². The van der Waals surface area contributed by atoms with Crippen LogP contribution in [0.2, 0.25) is 0 Å². The van der Waals surface area contributed by atoms with Gasteiger partial charge in [0.05, 0.1) is 5.54 Å². The molecule has 0 aromatic heterocycles. The van der Waals surface area contributed by atoms with Crippen LogP contribution in [0.15, 0.2) is 23.6 Å². The van der Waals surface area contributed by atoms with Crippen LogP contribution in [0, 0.1) is 0 Å². The van der Waals surface area contributed by atoms with Gasteiger partial charge < -0.3 is 9.64 Å². The van der Waals surface area contributed by atoms with Gasteiger partial charge in [-0.15, -0.1) is 0 Å². The molecule has 2 aliphatic heterocycles. The van der Waals surface area contributed by atoms with E-state index in [1.54, 1.807) is 6.08 Å². The molecule has 2 aliphatic rings. The van der Waals surface area contributed by atoms with Gasteiger partial charge in [-0.05, 0) is 32.9 Å². The van der Waals surface area contributed by atoms with Crippen molar-refractivity contribution in [3.8, 4) is 0 Å². The number of ether oxygens (including phenoxy) is 1. The first-order valence-corrected chi connectivity index (χ1v) is 6.34. The van der Waals surface area contributed by atoms with E-state index in [4.69, 9.17) is 4.74 Å². The van der Waals surface area contributed by atoms with E-state index in [1.165, 1.54) is 6.08 Å². The lowest BCUT2D eigenvalue weighted by Gasteiger charge is -2.29. The molecule has 2 saturated heterocycles. The summed E-state index contributed by atoms with van der Waals surface area (Å²) in [5.74, 6) is -0.825. The number of carbonyl (C=O) groups excluding carboxylic acids is 3. The van der Waals surface area contributed by atoms with Gasteiger partial charge in [-0.25, -0.2) is 4.79 Å². The fourth-order valence-corrected chi connectivity index (χ4v) is 2.21. The third-order valence-electron chi connectivity index (χ3n) is 3.22. The SMILES string of the molecule is CCN1/C(=C/C=C2C(=O)NC(=O)NC2=O)OCC1(C)C. The van der Waals surface area contributed by atoms with Crippen LogP contribution in [-0.2, 0) is 14.3 Å². The molecule has 0 aromatic carbocycles. The van der Waals surface area contributed by atoms with Crippen molar-refractivity contribution in [1.29, 1.82) is 0 Å². The van der Waals surface area contributed by atoms with Crippen molar-refractivity contribution in [1.82, 2.24) is 15.5 Å². The summed E-state index contributed by atoms with van der Waals surface area (Å²) in [7, 11) is 0. The first-order chi connectivity index (χ1) is 9.35. The smallest absolute Gasteiger partial charge is 0.328 e. The van der Waals surface area contributed by atoms with Crippen LogP contribution in [0.5, 0.6) is 0 Å². The zero-order valence-electron chi connectivity index (χ0n) is 11.6. The quantitative estimate of drug-likeness (QED) is 0.559. The Morgan fingerprint density at radius 2 is 1.80 bits per heavy atom. The predicted octanol–water partition coefficient (Wildman–Crippen LogP) is 0.251. The molecule has 0 saturated carbocycles. The lowest BCUT2D eigenvalue weighted by molar-refractivity contribution is -0.124. The Labute approximate surface area is 116 Å². The Hall–Kier alpha value is -2.31. The molecular weight excluding hydrogens is 262 g/mol. The number of amides is 4. The summed E-state index contributed by atoms with van der Waals surface area (Å²) in [6, 6.07) is -0.807. The summed E-state index contributed by atoms with van der Waals surface area (Å²) in [4.78, 5) is 36.1. The van der Waals surface area contributed by atoms with Gasteiger partial charge in [0.15, 0.2) is 5.88 Å². The minimum Gasteiger partial charge on any atom is -0.477 e. The molecule has 108 valence electrons. The summed E-state index contributed by atoms with van der Waals surface area (Å²) in [5, 5.41) is 4.03. The second kappa shape index (κ2) is 4.99. The molecule has 2 heterocycles. The summed E-state index contributed by atoms with van der Waals surface area (Å²) >= 11 is 0. The summed E-state index contributed by atoms with van der Waals surface area (Å²) < 4.78 is 5.57. The van der Waals surface area contributed by atoms with E-state index in [0.29, 0.717) is 12.5 Å². The van der Waals surface area contributed by atoms with E-state index in [1.807, 2.05) is 36.3 Å². The van der Waals surface area contributed by atoms with Gasteiger partial charge in [-0.2, -0.15) is 0 Å². The van der Waals surface area contributed by atoms with Gasteiger partial charge in [-0.1, -0.05) is 0 Å². The molecule has 0 spiro atoms. The summed E-state index contributed by atoms with van der Waals surface area (Å²) in [6.45, 7) is 7.37. The number of rotatable bonds is 2. The maximum atomic E-state index is 11.6. The highest BCUT2D eigenvalue weighted by molar-refractivity contribution is 6.29. The average Bonchev–Trinajstić information content (AvgIpc) is 2.62. The topological polar surface area (TPSA) is 87.7 Å². The highest BCUT2D eigenvalue weighted by Crippen LogP contribution is 2.29. The van der Waals surface area contributed by atoms with Gasteiger partial charge in [0.2, 0.25) is 0 Å². The van der Waals surface area contributed by atoms with Crippen LogP contribution in [0.1, 0.15) is 20.8 Å². The van der Waals surface area contributed by atoms with E-state index >= 15 is 0 Å². The molecule has 20 heavy (non-hydrogen) atoms. The predicted molar refractivity (Wildman–Crippen MR) is 70.3 cm³/mol. The molecule has 7 heteroatoms. The molecule has 0 bridgehead atoms. The van der Waals surface area contributed by atoms with Crippen molar-refractivity contribution in [3.05, 3.63) is 23.6 Å². The van der Waals surface area contributed by atoms with Crippen LogP contribution in [0.25, 0.3) is 0 Å². The first-order valence-electron chi connectivity index (χ1n) is 6.34. The maximum Gasteiger partial charge on any atom is 0.328 e. The Bertz CT molecular complexity index is 512. The Morgan fingerprint density at radius 1 is 1.20 bits per heavy atom. The highest BCUT2D eigenvalue weighted by Gasteiger charge is 2.35. The number of carbonyl (C=O) groups is 3. The second-order valence-corrected chi connectivity index (χ2v) is 5.17. The molecular formula is C13H17N3O4. The minimum absolute atomic E-state index is 0.124. The fraction of sp³-hybridized carbons (Fsp3) is 0.462. The number of hydrogen-bond acceptors (Lipinski definition) is 5. The van der Waals surface area contributed by atoms with E-state index in [2.05, 4.69) is 0 Å². The molecule has 7 nitrogen and oxygen atoms in total. The van der Waals surface area contributed by atoms with Crippen LogP contribution >= 0.6 is 0 Å². The molecule has 0 atom stereocenters. The number of urea groups is 1. The van der Waals surface area contributed by atoms with E-state index in [0.717, 1.165) is 6.54 Å². The van der Waals surface area contributed by atoms with E-state index in [9.17, 15) is 14.4 Å². The maximum absolute atomic E-state index is 11.6. The third-order valence-corrected chi connectivity index (χ3v) is 3.22. The summed E-state index contributed by atoms with van der Waals surface area (Å²) in [5.41, 5.74) is -0.256. The number of barbiturate groups is 1. The molecule has 4 amide bonds. The van der Waals surface area contributed by atoms with Crippen molar-refractivity contribution in [2.75, 3.05) is 13.2 Å². The van der Waals surface area contributed by atoms with Crippen LogP contribution < -0.4 is 10.6 Å². The lowest BCUT2D eigenvalue weighted by atomic mass is 10.1. The number of hydrogen-bond donors (Lipinski definition) is 2. The molecule has 0 radical (unpaired) electrons. The van der Waals surface area contributed by atoms with Crippen molar-refractivity contribution >= 4 is 17.8 Å². The van der Waals surface area contributed by atoms with Crippen molar-refractivity contribution in [2.24, 2.45) is 0 Å². The number of likely N-dealkylation sites (N-methyl/N-ethyl adjacent to an activating group) is 1. The molecule has 2 N–H and O–H groups in total. The Kier molecular flexibility index (Phi) is 3.52. The monoisotopic (exact) mass is 279 g/mol. The lowest BCUT2D eigenvalue weighted by Crippen LogP contribution is -2.51. The van der Waals surface area contributed by atoms with Gasteiger partial charge in [0.25, 0.3) is 11.8 Å². The van der Waals surface area contributed by atoms with Gasteiger partial charge in [-0.3, -0.25) is 20.2 Å². The third kappa shape index (κ3) is 2.52. The molecule has 2 fully saturated rings. The molecule has 0 unspecified atom stereocenters. The minimum atomic E-state index is -0.807. The largest absolute Gasteiger partial charge is 0.477 e. The van der Waals surface area contributed by atoms with E-state index in [-0.39, 0.29) is 11.1 Å². The first kappa shape index (κ1) is 14.1. The van der Waals surface area contributed by atoms with Gasteiger partial charge in [0.1, 0.15) is 12.2 Å². The number of nitrogens with one attached hydrogen (secondary N) is 2. The number of nitrogens with zero attached hydrogens (tertiary/aromatic N) is 1. The highest BCUT2D eigenvalue weighted by atomic mass is 16.5.